The second-order valence-corrected chi connectivity index (χ2v) is 14.6. The topological polar surface area (TPSA) is 38.7 Å². The minimum absolute atomic E-state index is 0.639. The molecule has 0 unspecified atom stereocenters. The van der Waals surface area contributed by atoms with Crippen molar-refractivity contribution in [2.75, 3.05) is 0 Å². The number of thiophene rings is 1. The van der Waals surface area contributed by atoms with Gasteiger partial charge in [0.25, 0.3) is 0 Å². The summed E-state index contributed by atoms with van der Waals surface area (Å²) in [5.41, 5.74) is 12.2. The van der Waals surface area contributed by atoms with E-state index in [-0.39, 0.29) is 0 Å². The Labute approximate surface area is 323 Å². The highest BCUT2D eigenvalue weighted by atomic mass is 32.1. The predicted molar refractivity (Wildman–Crippen MR) is 231 cm³/mol. The Morgan fingerprint density at radius 1 is 0.255 bits per heavy atom. The first-order valence-corrected chi connectivity index (χ1v) is 19.3. The maximum Gasteiger partial charge on any atom is 0.164 e. The molecule has 0 bridgehead atoms. The fourth-order valence-electron chi connectivity index (χ4n) is 7.37. The highest BCUT2D eigenvalue weighted by Gasteiger charge is 2.16. The largest absolute Gasteiger partial charge is 0.208 e. The van der Waals surface area contributed by atoms with Gasteiger partial charge >= 0.3 is 0 Å². The summed E-state index contributed by atoms with van der Waals surface area (Å²) in [5, 5.41) is 2.65. The first kappa shape index (κ1) is 32.6. The summed E-state index contributed by atoms with van der Waals surface area (Å²) >= 11 is 1.87. The van der Waals surface area contributed by atoms with E-state index in [2.05, 4.69) is 158 Å². The normalized spacial score (nSPS) is 11.3. The highest BCUT2D eigenvalue weighted by Crippen LogP contribution is 2.40. The van der Waals surface area contributed by atoms with Crippen molar-refractivity contribution in [2.45, 2.75) is 0 Å². The SMILES string of the molecule is c1ccc(-c2nc(-c3ccc(-c4ccc(-c5ccc(-c6cccc7c6sc6ccccc67)cc5)cc4)cc3)nc(-c3ccccc3-c3ccccc3)n2)cc1. The van der Waals surface area contributed by atoms with Crippen LogP contribution in [-0.2, 0) is 0 Å². The lowest BCUT2D eigenvalue weighted by Gasteiger charge is -2.12. The van der Waals surface area contributed by atoms with Crippen LogP contribution in [0.1, 0.15) is 0 Å². The lowest BCUT2D eigenvalue weighted by atomic mass is 9.97. The number of aromatic nitrogens is 3. The molecule has 0 aliphatic carbocycles. The summed E-state index contributed by atoms with van der Waals surface area (Å²) in [6, 6.07) is 70.4. The summed E-state index contributed by atoms with van der Waals surface area (Å²) in [5.74, 6) is 1.93. The van der Waals surface area contributed by atoms with Crippen LogP contribution in [-0.4, -0.2) is 15.0 Å². The van der Waals surface area contributed by atoms with Gasteiger partial charge in [-0.1, -0.05) is 194 Å². The molecule has 8 aromatic carbocycles. The molecular weight excluding hydrogens is 687 g/mol. The van der Waals surface area contributed by atoms with Gasteiger partial charge in [-0.15, -0.1) is 11.3 Å². The molecule has 0 spiro atoms. The minimum Gasteiger partial charge on any atom is -0.208 e. The first-order valence-electron chi connectivity index (χ1n) is 18.4. The van der Waals surface area contributed by atoms with Crippen molar-refractivity contribution in [3.8, 4) is 78.7 Å². The van der Waals surface area contributed by atoms with Crippen LogP contribution >= 0.6 is 11.3 Å². The van der Waals surface area contributed by atoms with Crippen molar-refractivity contribution in [1.82, 2.24) is 15.0 Å². The van der Waals surface area contributed by atoms with Gasteiger partial charge in [0, 0.05) is 36.9 Å². The van der Waals surface area contributed by atoms with E-state index in [1.807, 2.05) is 53.8 Å². The first-order chi connectivity index (χ1) is 27.2. The quantitative estimate of drug-likeness (QED) is 0.165. The molecule has 3 nitrogen and oxygen atoms in total. The van der Waals surface area contributed by atoms with Crippen molar-refractivity contribution in [3.63, 3.8) is 0 Å². The van der Waals surface area contributed by atoms with Crippen molar-refractivity contribution in [3.05, 3.63) is 200 Å². The Bertz CT molecular complexity index is 2930. The minimum atomic E-state index is 0.639. The highest BCUT2D eigenvalue weighted by molar-refractivity contribution is 7.26. The van der Waals surface area contributed by atoms with E-state index in [0.29, 0.717) is 17.5 Å². The van der Waals surface area contributed by atoms with E-state index in [0.717, 1.165) is 38.9 Å². The van der Waals surface area contributed by atoms with Crippen LogP contribution in [0.5, 0.6) is 0 Å². The van der Waals surface area contributed by atoms with E-state index < -0.39 is 0 Å². The molecule has 10 rings (SSSR count). The Morgan fingerprint density at radius 3 is 1.27 bits per heavy atom. The van der Waals surface area contributed by atoms with Gasteiger partial charge in [-0.2, -0.15) is 0 Å². The van der Waals surface area contributed by atoms with E-state index >= 15 is 0 Å². The van der Waals surface area contributed by atoms with Gasteiger partial charge in [-0.3, -0.25) is 0 Å². The molecule has 0 atom stereocenters. The molecular formula is C51H33N3S. The Morgan fingerprint density at radius 2 is 0.655 bits per heavy atom. The molecule has 0 aliphatic heterocycles. The molecule has 0 radical (unpaired) electrons. The monoisotopic (exact) mass is 719 g/mol. The van der Waals surface area contributed by atoms with E-state index in [1.54, 1.807) is 0 Å². The Kier molecular flexibility index (Phi) is 8.36. The average Bonchev–Trinajstić information content (AvgIpc) is 3.66. The van der Waals surface area contributed by atoms with Crippen molar-refractivity contribution in [1.29, 1.82) is 0 Å². The van der Waals surface area contributed by atoms with Crippen molar-refractivity contribution in [2.24, 2.45) is 0 Å². The molecule has 10 aromatic rings. The standard InChI is InChI=1S/C51H33N3S/c1-3-12-38(13-4-1)42-16-7-8-18-46(42)51-53-49(40-14-5-2-6-15-40)52-50(54-51)41-32-28-37(29-33-41)35-24-22-34(23-25-35)36-26-30-39(31-27-36)43-19-11-20-45-44-17-9-10-21-47(44)55-48(43)45/h1-33H. The van der Waals surface area contributed by atoms with Crippen molar-refractivity contribution >= 4 is 31.5 Å². The molecule has 0 N–H and O–H groups in total. The third-order valence-corrected chi connectivity index (χ3v) is 11.4. The smallest absolute Gasteiger partial charge is 0.164 e. The summed E-state index contributed by atoms with van der Waals surface area (Å²) in [7, 11) is 0. The van der Waals surface area contributed by atoms with Crippen LogP contribution in [0.2, 0.25) is 0 Å². The summed E-state index contributed by atoms with van der Waals surface area (Å²) < 4.78 is 2.67. The second kappa shape index (κ2) is 14.1. The molecule has 2 aromatic heterocycles. The predicted octanol–water partition coefficient (Wildman–Crippen LogP) is 13.9. The average molecular weight is 720 g/mol. The van der Waals surface area contributed by atoms with E-state index in [1.165, 1.54) is 42.4 Å². The summed E-state index contributed by atoms with van der Waals surface area (Å²) in [6.45, 7) is 0. The molecule has 258 valence electrons. The number of rotatable bonds is 7. The fraction of sp³-hybridized carbons (Fsp3) is 0. The number of nitrogens with zero attached hydrogens (tertiary/aromatic N) is 3. The molecule has 4 heteroatoms. The van der Waals surface area contributed by atoms with Crippen LogP contribution in [0.25, 0.3) is 98.8 Å². The van der Waals surface area contributed by atoms with Gasteiger partial charge in [0.2, 0.25) is 0 Å². The molecule has 0 aliphatic rings. The number of hydrogen-bond donors (Lipinski definition) is 0. The zero-order chi connectivity index (χ0) is 36.6. The number of hydrogen-bond acceptors (Lipinski definition) is 4. The van der Waals surface area contributed by atoms with Gasteiger partial charge in [-0.25, -0.2) is 15.0 Å². The maximum absolute atomic E-state index is 5.06. The second-order valence-electron chi connectivity index (χ2n) is 13.6. The summed E-state index contributed by atoms with van der Waals surface area (Å²) in [4.78, 5) is 15.0. The van der Waals surface area contributed by atoms with Gasteiger partial charge in [0.05, 0.1) is 0 Å². The summed E-state index contributed by atoms with van der Waals surface area (Å²) in [6.07, 6.45) is 0. The third kappa shape index (κ3) is 6.29. The molecule has 0 saturated heterocycles. The van der Waals surface area contributed by atoms with Crippen LogP contribution in [0.15, 0.2) is 200 Å². The molecule has 55 heavy (non-hydrogen) atoms. The van der Waals surface area contributed by atoms with Gasteiger partial charge in [0.1, 0.15) is 0 Å². The van der Waals surface area contributed by atoms with Gasteiger partial charge in [0.15, 0.2) is 17.5 Å². The van der Waals surface area contributed by atoms with Crippen LogP contribution in [0.3, 0.4) is 0 Å². The van der Waals surface area contributed by atoms with Crippen LogP contribution < -0.4 is 0 Å². The fourth-order valence-corrected chi connectivity index (χ4v) is 8.61. The lowest BCUT2D eigenvalue weighted by molar-refractivity contribution is 1.07. The zero-order valence-electron chi connectivity index (χ0n) is 29.8. The maximum atomic E-state index is 5.06. The van der Waals surface area contributed by atoms with Gasteiger partial charge < -0.3 is 0 Å². The third-order valence-electron chi connectivity index (χ3n) is 10.2. The van der Waals surface area contributed by atoms with Gasteiger partial charge in [-0.05, 0) is 50.6 Å². The number of benzene rings is 8. The number of fused-ring (bicyclic) bond motifs is 3. The van der Waals surface area contributed by atoms with Crippen molar-refractivity contribution < 1.29 is 0 Å². The Hall–Kier alpha value is -7.01. The lowest BCUT2D eigenvalue weighted by Crippen LogP contribution is -2.01. The molecule has 0 saturated carbocycles. The molecule has 0 amide bonds. The Balaban J connectivity index is 0.935. The zero-order valence-corrected chi connectivity index (χ0v) is 30.6. The molecule has 0 fully saturated rings. The van der Waals surface area contributed by atoms with E-state index in [4.69, 9.17) is 15.0 Å². The van der Waals surface area contributed by atoms with E-state index in [9.17, 15) is 0 Å². The van der Waals surface area contributed by atoms with Crippen LogP contribution in [0, 0.1) is 0 Å². The molecule has 2 heterocycles. The van der Waals surface area contributed by atoms with Crippen LogP contribution in [0.4, 0.5) is 0 Å².